The van der Waals surface area contributed by atoms with Gasteiger partial charge in [0.05, 0.1) is 0 Å². The van der Waals surface area contributed by atoms with Crippen LogP contribution in [0.15, 0.2) is 16.2 Å². The van der Waals surface area contributed by atoms with E-state index < -0.39 is 0 Å². The van der Waals surface area contributed by atoms with Crippen molar-refractivity contribution in [3.63, 3.8) is 0 Å². The largest absolute Gasteiger partial charge is 0.302 e. The van der Waals surface area contributed by atoms with Gasteiger partial charge in [0.1, 0.15) is 16.7 Å². The molecule has 0 radical (unpaired) electrons. The third-order valence-electron chi connectivity index (χ3n) is 4.59. The van der Waals surface area contributed by atoms with Crippen molar-refractivity contribution in [1.82, 2.24) is 24.7 Å². The SMILES string of the molecule is CC(C)c1cc(Sc2nnc(C3CC3)n2C2CC2)nc(C(C)C)n1. The summed E-state index contributed by atoms with van der Waals surface area (Å²) in [6.07, 6.45) is 5.03. The van der Waals surface area contributed by atoms with Gasteiger partial charge in [-0.25, -0.2) is 9.97 Å². The zero-order valence-corrected chi connectivity index (χ0v) is 15.7. The predicted molar refractivity (Wildman–Crippen MR) is 94.6 cm³/mol. The minimum atomic E-state index is 0.325. The van der Waals surface area contributed by atoms with Crippen molar-refractivity contribution in [2.75, 3.05) is 0 Å². The van der Waals surface area contributed by atoms with Crippen LogP contribution in [0.3, 0.4) is 0 Å². The van der Waals surface area contributed by atoms with Gasteiger partial charge in [0.15, 0.2) is 5.16 Å². The van der Waals surface area contributed by atoms with Crippen molar-refractivity contribution in [2.24, 2.45) is 0 Å². The molecule has 0 amide bonds. The fourth-order valence-electron chi connectivity index (χ4n) is 2.81. The van der Waals surface area contributed by atoms with E-state index in [0.29, 0.717) is 23.8 Å². The van der Waals surface area contributed by atoms with Gasteiger partial charge in [0, 0.05) is 23.6 Å². The Labute approximate surface area is 147 Å². The Morgan fingerprint density at radius 2 is 1.75 bits per heavy atom. The lowest BCUT2D eigenvalue weighted by Crippen LogP contribution is -2.05. The molecule has 6 heteroatoms. The molecule has 0 aliphatic heterocycles. The first-order valence-electron chi connectivity index (χ1n) is 9.04. The lowest BCUT2D eigenvalue weighted by atomic mass is 10.1. The fourth-order valence-corrected chi connectivity index (χ4v) is 3.74. The van der Waals surface area contributed by atoms with Gasteiger partial charge in [0.2, 0.25) is 0 Å². The van der Waals surface area contributed by atoms with E-state index in [4.69, 9.17) is 9.97 Å². The van der Waals surface area contributed by atoms with Crippen molar-refractivity contribution in [3.8, 4) is 0 Å². The summed E-state index contributed by atoms with van der Waals surface area (Å²) in [6, 6.07) is 2.72. The smallest absolute Gasteiger partial charge is 0.197 e. The van der Waals surface area contributed by atoms with Crippen molar-refractivity contribution >= 4 is 11.8 Å². The third kappa shape index (κ3) is 3.21. The van der Waals surface area contributed by atoms with Crippen LogP contribution in [0.4, 0.5) is 0 Å². The van der Waals surface area contributed by atoms with Crippen molar-refractivity contribution in [3.05, 3.63) is 23.4 Å². The van der Waals surface area contributed by atoms with Gasteiger partial charge >= 0.3 is 0 Å². The molecule has 2 heterocycles. The first-order valence-corrected chi connectivity index (χ1v) is 9.86. The highest BCUT2D eigenvalue weighted by Crippen LogP contribution is 2.46. The summed E-state index contributed by atoms with van der Waals surface area (Å²) in [6.45, 7) is 8.65. The standard InChI is InChI=1S/C18H25N5S/c1-10(2)14-9-15(20-16(19-14)11(3)4)24-18-22-21-17(12-5-6-12)23(18)13-7-8-13/h9-13H,5-8H2,1-4H3. The second-order valence-corrected chi connectivity index (χ2v) is 8.60. The molecule has 0 spiro atoms. The summed E-state index contributed by atoms with van der Waals surface area (Å²) in [4.78, 5) is 9.49. The van der Waals surface area contributed by atoms with Crippen molar-refractivity contribution in [1.29, 1.82) is 0 Å². The molecule has 0 bridgehead atoms. The molecule has 0 N–H and O–H groups in total. The molecule has 2 aliphatic carbocycles. The van der Waals surface area contributed by atoms with E-state index in [2.05, 4.69) is 48.5 Å². The summed E-state index contributed by atoms with van der Waals surface area (Å²) in [5.74, 6) is 3.47. The topological polar surface area (TPSA) is 56.5 Å². The minimum Gasteiger partial charge on any atom is -0.302 e. The van der Waals surface area contributed by atoms with E-state index in [1.165, 1.54) is 31.5 Å². The van der Waals surface area contributed by atoms with Crippen LogP contribution in [-0.4, -0.2) is 24.7 Å². The van der Waals surface area contributed by atoms with Crippen LogP contribution in [0.1, 0.15) is 94.5 Å². The maximum Gasteiger partial charge on any atom is 0.197 e. The maximum atomic E-state index is 4.77. The molecular weight excluding hydrogens is 318 g/mol. The Balaban J connectivity index is 1.68. The second-order valence-electron chi connectivity index (χ2n) is 7.62. The van der Waals surface area contributed by atoms with Crippen LogP contribution in [0, 0.1) is 0 Å². The second kappa shape index (κ2) is 6.14. The van der Waals surface area contributed by atoms with E-state index in [9.17, 15) is 0 Å². The Morgan fingerprint density at radius 3 is 2.33 bits per heavy atom. The number of rotatable bonds is 6. The van der Waals surface area contributed by atoms with Crippen LogP contribution in [0.2, 0.25) is 0 Å². The van der Waals surface area contributed by atoms with Gasteiger partial charge in [-0.15, -0.1) is 10.2 Å². The van der Waals surface area contributed by atoms with E-state index >= 15 is 0 Å². The molecule has 0 atom stereocenters. The monoisotopic (exact) mass is 343 g/mol. The third-order valence-corrected chi connectivity index (χ3v) is 5.47. The van der Waals surface area contributed by atoms with Crippen LogP contribution >= 0.6 is 11.8 Å². The first-order chi connectivity index (χ1) is 11.5. The number of aromatic nitrogens is 5. The summed E-state index contributed by atoms with van der Waals surface area (Å²) in [7, 11) is 0. The summed E-state index contributed by atoms with van der Waals surface area (Å²) in [5, 5.41) is 11.0. The molecule has 2 aromatic rings. The molecular formula is C18H25N5S. The highest BCUT2D eigenvalue weighted by atomic mass is 32.2. The van der Waals surface area contributed by atoms with Gasteiger partial charge in [-0.05, 0) is 49.4 Å². The minimum absolute atomic E-state index is 0.325. The number of hydrogen-bond donors (Lipinski definition) is 0. The van der Waals surface area contributed by atoms with Gasteiger partial charge in [-0.1, -0.05) is 27.7 Å². The highest BCUT2D eigenvalue weighted by Gasteiger charge is 2.36. The first kappa shape index (κ1) is 16.1. The summed E-state index contributed by atoms with van der Waals surface area (Å²) >= 11 is 1.65. The molecule has 5 nitrogen and oxygen atoms in total. The average molecular weight is 344 g/mol. The normalized spacial score (nSPS) is 17.9. The predicted octanol–water partition coefficient (Wildman–Crippen LogP) is 4.68. The Kier molecular flexibility index (Phi) is 4.11. The molecule has 0 saturated heterocycles. The zero-order chi connectivity index (χ0) is 16.8. The summed E-state index contributed by atoms with van der Waals surface area (Å²) < 4.78 is 2.38. The molecule has 128 valence electrons. The highest BCUT2D eigenvalue weighted by molar-refractivity contribution is 7.99. The van der Waals surface area contributed by atoms with Crippen molar-refractivity contribution < 1.29 is 0 Å². The molecule has 4 rings (SSSR count). The number of hydrogen-bond acceptors (Lipinski definition) is 5. The van der Waals surface area contributed by atoms with Crippen LogP contribution in [-0.2, 0) is 0 Å². The molecule has 2 fully saturated rings. The zero-order valence-electron chi connectivity index (χ0n) is 14.9. The number of nitrogens with zero attached hydrogens (tertiary/aromatic N) is 5. The van der Waals surface area contributed by atoms with Crippen LogP contribution in [0.5, 0.6) is 0 Å². The Morgan fingerprint density at radius 1 is 1.00 bits per heavy atom. The van der Waals surface area contributed by atoms with E-state index in [1.54, 1.807) is 11.8 Å². The van der Waals surface area contributed by atoms with E-state index in [0.717, 1.165) is 21.7 Å². The molecule has 2 saturated carbocycles. The van der Waals surface area contributed by atoms with E-state index in [1.807, 2.05) is 0 Å². The fraction of sp³-hybridized carbons (Fsp3) is 0.667. The molecule has 0 aromatic carbocycles. The molecule has 2 aliphatic rings. The Bertz CT molecular complexity index is 718. The average Bonchev–Trinajstić information content (AvgIpc) is 3.46. The quantitative estimate of drug-likeness (QED) is 0.713. The van der Waals surface area contributed by atoms with Gasteiger partial charge in [0.25, 0.3) is 0 Å². The summed E-state index contributed by atoms with van der Waals surface area (Å²) in [5.41, 5.74) is 1.11. The van der Waals surface area contributed by atoms with Crippen LogP contribution in [0.25, 0.3) is 0 Å². The lowest BCUT2D eigenvalue weighted by molar-refractivity contribution is 0.626. The van der Waals surface area contributed by atoms with Crippen LogP contribution < -0.4 is 0 Å². The van der Waals surface area contributed by atoms with Gasteiger partial charge in [-0.3, -0.25) is 0 Å². The molecule has 0 unspecified atom stereocenters. The Hall–Kier alpha value is -1.43. The maximum absolute atomic E-state index is 4.77. The molecule has 24 heavy (non-hydrogen) atoms. The van der Waals surface area contributed by atoms with Gasteiger partial charge < -0.3 is 4.57 Å². The molecule has 2 aromatic heterocycles. The van der Waals surface area contributed by atoms with Gasteiger partial charge in [-0.2, -0.15) is 0 Å². The van der Waals surface area contributed by atoms with Crippen molar-refractivity contribution in [2.45, 2.75) is 87.4 Å². The van der Waals surface area contributed by atoms with E-state index in [-0.39, 0.29) is 0 Å². The lowest BCUT2D eigenvalue weighted by Gasteiger charge is -2.12.